The second kappa shape index (κ2) is 6.23. The molecule has 0 spiro atoms. The van der Waals surface area contributed by atoms with Gasteiger partial charge in [-0.05, 0) is 11.4 Å². The summed E-state index contributed by atoms with van der Waals surface area (Å²) in [4.78, 5) is 30.7. The van der Waals surface area contributed by atoms with Crippen molar-refractivity contribution in [1.29, 1.82) is 0 Å². The molecule has 0 N–H and O–H groups in total. The van der Waals surface area contributed by atoms with E-state index >= 15 is 0 Å². The Kier molecular flexibility index (Phi) is 4.61. The van der Waals surface area contributed by atoms with Crippen LogP contribution in [0.3, 0.4) is 0 Å². The number of allylic oxidation sites excluding steroid dienone is 1. The molecule has 0 bridgehead atoms. The summed E-state index contributed by atoms with van der Waals surface area (Å²) < 4.78 is 1.55. The van der Waals surface area contributed by atoms with Crippen molar-refractivity contribution in [3.05, 3.63) is 34.5 Å². The number of carbonyl (C=O) groups excluding carboxylic acids is 1. The van der Waals surface area contributed by atoms with Gasteiger partial charge in [-0.2, -0.15) is 0 Å². The van der Waals surface area contributed by atoms with Crippen LogP contribution in [0.5, 0.6) is 0 Å². The number of thiophene rings is 1. The molecular weight excluding hydrogens is 294 g/mol. The third-order valence-corrected chi connectivity index (χ3v) is 4.45. The van der Waals surface area contributed by atoms with Gasteiger partial charge in [-0.15, -0.1) is 17.9 Å². The van der Waals surface area contributed by atoms with Crippen LogP contribution in [-0.2, 0) is 11.3 Å². The molecule has 2 rings (SSSR count). The van der Waals surface area contributed by atoms with E-state index in [1.165, 1.54) is 28.0 Å². The second-order valence-electron chi connectivity index (χ2n) is 4.32. The molecule has 0 atom stereocenters. The molecule has 0 radical (unpaired) electrons. The highest BCUT2D eigenvalue weighted by molar-refractivity contribution is 7.99. The van der Waals surface area contributed by atoms with Gasteiger partial charge in [0.1, 0.15) is 4.83 Å². The predicted octanol–water partition coefficient (Wildman–Crippen LogP) is 1.82. The molecule has 0 saturated heterocycles. The predicted molar refractivity (Wildman–Crippen MR) is 83.5 cm³/mol. The van der Waals surface area contributed by atoms with Crippen molar-refractivity contribution < 1.29 is 4.79 Å². The smallest absolute Gasteiger partial charge is 0.263 e. The molecule has 106 valence electrons. The van der Waals surface area contributed by atoms with Crippen molar-refractivity contribution in [2.45, 2.75) is 11.7 Å². The quantitative estimate of drug-likeness (QED) is 0.480. The van der Waals surface area contributed by atoms with Gasteiger partial charge >= 0.3 is 0 Å². The molecular formula is C13H15N3O2S2. The first-order chi connectivity index (χ1) is 9.54. The number of amides is 1. The van der Waals surface area contributed by atoms with Crippen molar-refractivity contribution in [1.82, 2.24) is 14.5 Å². The minimum absolute atomic E-state index is 0.0133. The summed E-state index contributed by atoms with van der Waals surface area (Å²) in [7, 11) is 3.41. The topological polar surface area (TPSA) is 55.2 Å². The Balaban J connectivity index is 2.39. The van der Waals surface area contributed by atoms with E-state index in [4.69, 9.17) is 0 Å². The Morgan fingerprint density at radius 3 is 3.00 bits per heavy atom. The molecule has 2 aromatic heterocycles. The summed E-state index contributed by atoms with van der Waals surface area (Å²) in [5.74, 6) is 0.244. The highest BCUT2D eigenvalue weighted by Gasteiger charge is 2.13. The zero-order valence-corrected chi connectivity index (χ0v) is 13.0. The van der Waals surface area contributed by atoms with E-state index < -0.39 is 0 Å². The zero-order valence-electron chi connectivity index (χ0n) is 11.3. The minimum atomic E-state index is -0.0871. The average Bonchev–Trinajstić information content (AvgIpc) is 2.88. The second-order valence-corrected chi connectivity index (χ2v) is 6.15. The monoisotopic (exact) mass is 309 g/mol. The van der Waals surface area contributed by atoms with Crippen molar-refractivity contribution in [2.24, 2.45) is 0 Å². The van der Waals surface area contributed by atoms with Gasteiger partial charge < -0.3 is 4.90 Å². The van der Waals surface area contributed by atoms with Crippen LogP contribution in [0.1, 0.15) is 0 Å². The van der Waals surface area contributed by atoms with Gasteiger partial charge in [-0.25, -0.2) is 4.98 Å². The maximum atomic E-state index is 12.4. The van der Waals surface area contributed by atoms with E-state index in [9.17, 15) is 9.59 Å². The first kappa shape index (κ1) is 14.8. The van der Waals surface area contributed by atoms with E-state index in [0.717, 1.165) is 0 Å². The Bertz CT molecular complexity index is 703. The standard InChI is InChI=1S/C13H15N3O2S2/c1-4-6-16-12(18)9-5-7-19-11(9)14-13(16)20-8-10(17)15(2)3/h4-5,7H,1,6,8H2,2-3H3. The lowest BCUT2D eigenvalue weighted by Gasteiger charge is -2.12. The Hall–Kier alpha value is -1.60. The normalized spacial score (nSPS) is 10.7. The Morgan fingerprint density at radius 1 is 1.60 bits per heavy atom. The third-order valence-electron chi connectivity index (χ3n) is 2.68. The fourth-order valence-corrected chi connectivity index (χ4v) is 3.38. The number of hydrogen-bond acceptors (Lipinski definition) is 5. The van der Waals surface area contributed by atoms with Gasteiger partial charge in [-0.3, -0.25) is 14.2 Å². The molecule has 7 heteroatoms. The van der Waals surface area contributed by atoms with Crippen molar-refractivity contribution in [2.75, 3.05) is 19.8 Å². The lowest BCUT2D eigenvalue weighted by Crippen LogP contribution is -2.25. The molecule has 0 aliphatic heterocycles. The summed E-state index contributed by atoms with van der Waals surface area (Å²) in [6, 6.07) is 1.77. The maximum Gasteiger partial charge on any atom is 0.263 e. The van der Waals surface area contributed by atoms with Crippen molar-refractivity contribution >= 4 is 39.2 Å². The van der Waals surface area contributed by atoms with Crippen LogP contribution in [0.25, 0.3) is 10.2 Å². The Labute approximate surface area is 124 Å². The van der Waals surface area contributed by atoms with E-state index in [2.05, 4.69) is 11.6 Å². The highest BCUT2D eigenvalue weighted by Crippen LogP contribution is 2.21. The van der Waals surface area contributed by atoms with Crippen molar-refractivity contribution in [3.63, 3.8) is 0 Å². The van der Waals surface area contributed by atoms with Crippen LogP contribution in [0.15, 0.2) is 34.1 Å². The molecule has 0 aliphatic carbocycles. The van der Waals surface area contributed by atoms with E-state index in [-0.39, 0.29) is 17.2 Å². The van der Waals surface area contributed by atoms with Gasteiger partial charge in [-0.1, -0.05) is 17.8 Å². The van der Waals surface area contributed by atoms with Crippen LogP contribution in [0.4, 0.5) is 0 Å². The van der Waals surface area contributed by atoms with Crippen LogP contribution < -0.4 is 5.56 Å². The Morgan fingerprint density at radius 2 is 2.35 bits per heavy atom. The lowest BCUT2D eigenvalue weighted by atomic mass is 10.4. The molecule has 2 heterocycles. The third kappa shape index (κ3) is 2.94. The molecule has 2 aromatic rings. The number of fused-ring (bicyclic) bond motifs is 1. The van der Waals surface area contributed by atoms with Gasteiger partial charge in [0.25, 0.3) is 5.56 Å². The van der Waals surface area contributed by atoms with Gasteiger partial charge in [0.2, 0.25) is 5.91 Å². The number of thioether (sulfide) groups is 1. The zero-order chi connectivity index (χ0) is 14.7. The molecule has 0 saturated carbocycles. The molecule has 1 amide bonds. The number of carbonyl (C=O) groups is 1. The fraction of sp³-hybridized carbons (Fsp3) is 0.308. The van der Waals surface area contributed by atoms with Gasteiger partial charge in [0.15, 0.2) is 5.16 Å². The van der Waals surface area contributed by atoms with Crippen LogP contribution in [0, 0.1) is 0 Å². The first-order valence-corrected chi connectivity index (χ1v) is 7.83. The fourth-order valence-electron chi connectivity index (χ4n) is 1.59. The molecule has 0 aliphatic rings. The summed E-state index contributed by atoms with van der Waals surface area (Å²) in [5.41, 5.74) is -0.0871. The lowest BCUT2D eigenvalue weighted by molar-refractivity contribution is -0.125. The molecule has 0 fully saturated rings. The van der Waals surface area contributed by atoms with Crippen LogP contribution >= 0.6 is 23.1 Å². The summed E-state index contributed by atoms with van der Waals surface area (Å²) >= 11 is 2.70. The largest absolute Gasteiger partial charge is 0.348 e. The van der Waals surface area contributed by atoms with Crippen LogP contribution in [0.2, 0.25) is 0 Å². The van der Waals surface area contributed by atoms with E-state index in [1.807, 2.05) is 5.38 Å². The number of nitrogens with zero attached hydrogens (tertiary/aromatic N) is 3. The molecule has 5 nitrogen and oxygen atoms in total. The maximum absolute atomic E-state index is 12.4. The SMILES string of the molecule is C=CCn1c(SCC(=O)N(C)C)nc2sccc2c1=O. The summed E-state index contributed by atoms with van der Waals surface area (Å²) in [6.07, 6.45) is 1.65. The van der Waals surface area contributed by atoms with Gasteiger partial charge in [0.05, 0.1) is 11.1 Å². The van der Waals surface area contributed by atoms with Crippen molar-refractivity contribution in [3.8, 4) is 0 Å². The molecule has 0 unspecified atom stereocenters. The number of hydrogen-bond donors (Lipinski definition) is 0. The minimum Gasteiger partial charge on any atom is -0.348 e. The average molecular weight is 309 g/mol. The summed E-state index contributed by atoms with van der Waals surface area (Å²) in [6.45, 7) is 4.05. The number of aromatic nitrogens is 2. The summed E-state index contributed by atoms with van der Waals surface area (Å²) in [5, 5.41) is 3.01. The molecule has 20 heavy (non-hydrogen) atoms. The van der Waals surface area contributed by atoms with Gasteiger partial charge in [0, 0.05) is 20.6 Å². The number of rotatable bonds is 5. The highest BCUT2D eigenvalue weighted by atomic mass is 32.2. The molecule has 0 aromatic carbocycles. The van der Waals surface area contributed by atoms with Crippen LogP contribution in [-0.4, -0.2) is 40.2 Å². The first-order valence-electron chi connectivity index (χ1n) is 5.96. The van der Waals surface area contributed by atoms with E-state index in [1.54, 1.807) is 30.8 Å². The van der Waals surface area contributed by atoms with E-state index in [0.29, 0.717) is 21.9 Å².